The minimum atomic E-state index is -3.84. The summed E-state index contributed by atoms with van der Waals surface area (Å²) in [5.74, 6) is 0.0651. The second-order valence-corrected chi connectivity index (χ2v) is 9.14. The molecule has 162 valence electrons. The lowest BCUT2D eigenvalue weighted by Gasteiger charge is -2.20. The maximum atomic E-state index is 12.9. The average molecular weight is 459 g/mol. The first-order valence-electron chi connectivity index (χ1n) is 9.56. The van der Waals surface area contributed by atoms with Crippen LogP contribution in [0.2, 0.25) is 5.02 Å². The molecule has 0 unspecified atom stereocenters. The summed E-state index contributed by atoms with van der Waals surface area (Å²) in [6.45, 7) is 1.88. The van der Waals surface area contributed by atoms with E-state index < -0.39 is 16.1 Å². The molecule has 0 aliphatic carbocycles. The first-order valence-corrected chi connectivity index (χ1v) is 11.4. The van der Waals surface area contributed by atoms with Gasteiger partial charge < -0.3 is 10.1 Å². The molecule has 0 aliphatic heterocycles. The number of rotatable bonds is 8. The van der Waals surface area contributed by atoms with Gasteiger partial charge in [-0.15, -0.1) is 0 Å². The van der Waals surface area contributed by atoms with Crippen LogP contribution in [0.15, 0.2) is 77.7 Å². The van der Waals surface area contributed by atoms with Crippen LogP contribution >= 0.6 is 11.6 Å². The molecule has 6 nitrogen and oxygen atoms in total. The van der Waals surface area contributed by atoms with Crippen LogP contribution in [-0.2, 0) is 14.8 Å². The Bertz CT molecular complexity index is 1150. The summed E-state index contributed by atoms with van der Waals surface area (Å²) in [4.78, 5) is 12.9. The lowest BCUT2D eigenvalue weighted by Crippen LogP contribution is -2.31. The van der Waals surface area contributed by atoms with Crippen LogP contribution in [0.5, 0.6) is 5.75 Å². The van der Waals surface area contributed by atoms with Gasteiger partial charge in [0.2, 0.25) is 15.9 Å². The van der Waals surface area contributed by atoms with E-state index in [0.717, 1.165) is 5.56 Å². The maximum Gasteiger partial charge on any atom is 0.241 e. The standard InChI is InChI=1S/C23H23ClN2O4S/c1-16-8-11-19(12-9-16)31(28,29)26-20(17-6-4-3-5-7-17)15-23(27)25-21-14-18(24)10-13-22(21)30-2/h3-14,20,26H,15H2,1-2H3,(H,25,27)/t20-/m1/s1. The van der Waals surface area contributed by atoms with E-state index in [-0.39, 0.29) is 17.2 Å². The summed E-state index contributed by atoms with van der Waals surface area (Å²) in [5.41, 5.74) is 2.04. The quantitative estimate of drug-likeness (QED) is 0.512. The molecule has 0 saturated carbocycles. The molecular weight excluding hydrogens is 436 g/mol. The van der Waals surface area contributed by atoms with Crippen molar-refractivity contribution in [3.63, 3.8) is 0 Å². The summed E-state index contributed by atoms with van der Waals surface area (Å²) < 4.78 is 33.8. The number of anilines is 1. The molecule has 3 aromatic carbocycles. The fraction of sp³-hybridized carbons (Fsp3) is 0.174. The van der Waals surface area contributed by atoms with Gasteiger partial charge in [0.05, 0.1) is 23.7 Å². The van der Waals surface area contributed by atoms with Crippen LogP contribution < -0.4 is 14.8 Å². The number of amides is 1. The largest absolute Gasteiger partial charge is 0.495 e. The molecule has 0 fully saturated rings. The molecule has 3 aromatic rings. The molecule has 0 saturated heterocycles. The third-order valence-corrected chi connectivity index (χ3v) is 6.38. The molecule has 1 atom stereocenters. The lowest BCUT2D eigenvalue weighted by atomic mass is 10.0. The topological polar surface area (TPSA) is 84.5 Å². The fourth-order valence-corrected chi connectivity index (χ4v) is 4.45. The molecule has 31 heavy (non-hydrogen) atoms. The second-order valence-electron chi connectivity index (χ2n) is 6.99. The van der Waals surface area contributed by atoms with Gasteiger partial charge in [-0.25, -0.2) is 13.1 Å². The van der Waals surface area contributed by atoms with Crippen LogP contribution in [-0.4, -0.2) is 21.4 Å². The summed E-state index contributed by atoms with van der Waals surface area (Å²) in [6.07, 6.45) is -0.120. The molecule has 3 rings (SSSR count). The first kappa shape index (κ1) is 22.8. The second kappa shape index (κ2) is 9.96. The molecule has 1 amide bonds. The zero-order valence-electron chi connectivity index (χ0n) is 17.1. The number of methoxy groups -OCH3 is 1. The van der Waals surface area contributed by atoms with Gasteiger partial charge in [-0.1, -0.05) is 59.6 Å². The highest BCUT2D eigenvalue weighted by molar-refractivity contribution is 7.89. The monoisotopic (exact) mass is 458 g/mol. The molecule has 2 N–H and O–H groups in total. The number of carbonyl (C=O) groups excluding carboxylic acids is 1. The molecule has 0 radical (unpaired) electrons. The fourth-order valence-electron chi connectivity index (χ4n) is 3.05. The van der Waals surface area contributed by atoms with Crippen LogP contribution in [0.25, 0.3) is 0 Å². The van der Waals surface area contributed by atoms with Gasteiger partial charge in [-0.2, -0.15) is 0 Å². The van der Waals surface area contributed by atoms with E-state index in [1.807, 2.05) is 13.0 Å². The van der Waals surface area contributed by atoms with Crippen molar-refractivity contribution >= 4 is 33.2 Å². The number of hydrogen-bond donors (Lipinski definition) is 2. The van der Waals surface area contributed by atoms with Gasteiger partial charge in [0.25, 0.3) is 0 Å². The van der Waals surface area contributed by atoms with Crippen molar-refractivity contribution in [1.29, 1.82) is 0 Å². The van der Waals surface area contributed by atoms with Crippen LogP contribution in [0.4, 0.5) is 5.69 Å². The first-order chi connectivity index (χ1) is 14.8. The highest BCUT2D eigenvalue weighted by Crippen LogP contribution is 2.29. The molecule has 0 aliphatic rings. The van der Waals surface area contributed by atoms with E-state index in [4.69, 9.17) is 16.3 Å². The summed E-state index contributed by atoms with van der Waals surface area (Å²) in [6, 6.07) is 19.6. The van der Waals surface area contributed by atoms with Crippen LogP contribution in [0.1, 0.15) is 23.6 Å². The summed E-state index contributed by atoms with van der Waals surface area (Å²) in [7, 11) is -2.35. The Hall–Kier alpha value is -2.87. The van der Waals surface area contributed by atoms with Crippen molar-refractivity contribution in [2.24, 2.45) is 0 Å². The van der Waals surface area contributed by atoms with Crippen molar-refractivity contribution in [3.05, 3.63) is 88.9 Å². The zero-order chi connectivity index (χ0) is 22.4. The molecule has 0 spiro atoms. The van der Waals surface area contributed by atoms with E-state index >= 15 is 0 Å². The van der Waals surface area contributed by atoms with Gasteiger partial charge in [0, 0.05) is 11.4 Å². The number of sulfonamides is 1. The highest BCUT2D eigenvalue weighted by Gasteiger charge is 2.24. The number of halogens is 1. The number of nitrogens with one attached hydrogen (secondary N) is 2. The Labute approximate surface area is 187 Å². The van der Waals surface area contributed by atoms with E-state index in [1.165, 1.54) is 19.2 Å². The van der Waals surface area contributed by atoms with Gasteiger partial charge in [0.15, 0.2) is 0 Å². The van der Waals surface area contributed by atoms with Gasteiger partial charge >= 0.3 is 0 Å². The predicted octanol–water partition coefficient (Wildman–Crippen LogP) is 4.71. The Balaban J connectivity index is 1.84. The van der Waals surface area contributed by atoms with Gasteiger partial charge in [-0.05, 0) is 42.8 Å². The predicted molar refractivity (Wildman–Crippen MR) is 122 cm³/mol. The van der Waals surface area contributed by atoms with E-state index in [1.54, 1.807) is 54.6 Å². The van der Waals surface area contributed by atoms with E-state index in [2.05, 4.69) is 10.0 Å². The van der Waals surface area contributed by atoms with Crippen molar-refractivity contribution in [2.45, 2.75) is 24.3 Å². The van der Waals surface area contributed by atoms with Crippen molar-refractivity contribution < 1.29 is 17.9 Å². The molecule has 0 aromatic heterocycles. The molecule has 0 bridgehead atoms. The normalized spacial score (nSPS) is 12.2. The SMILES string of the molecule is COc1ccc(Cl)cc1NC(=O)C[C@@H](NS(=O)(=O)c1ccc(C)cc1)c1ccccc1. The molecule has 0 heterocycles. The molecule has 8 heteroatoms. The van der Waals surface area contributed by atoms with E-state index in [9.17, 15) is 13.2 Å². The van der Waals surface area contributed by atoms with Crippen molar-refractivity contribution in [1.82, 2.24) is 4.72 Å². The van der Waals surface area contributed by atoms with Gasteiger partial charge in [-0.3, -0.25) is 4.79 Å². The number of benzene rings is 3. The third kappa shape index (κ3) is 6.07. The number of aryl methyl sites for hydroxylation is 1. The Morgan fingerprint density at radius 3 is 2.35 bits per heavy atom. The molecular formula is C23H23ClN2O4S. The van der Waals surface area contributed by atoms with Gasteiger partial charge in [0.1, 0.15) is 5.75 Å². The Morgan fingerprint density at radius 2 is 1.71 bits per heavy atom. The van der Waals surface area contributed by atoms with Crippen LogP contribution in [0.3, 0.4) is 0 Å². The Morgan fingerprint density at radius 1 is 1.03 bits per heavy atom. The lowest BCUT2D eigenvalue weighted by molar-refractivity contribution is -0.116. The minimum absolute atomic E-state index is 0.120. The highest BCUT2D eigenvalue weighted by atomic mass is 35.5. The number of ether oxygens (including phenoxy) is 1. The maximum absolute atomic E-state index is 12.9. The number of hydrogen-bond acceptors (Lipinski definition) is 4. The van der Waals surface area contributed by atoms with E-state index in [0.29, 0.717) is 22.0 Å². The Kier molecular flexibility index (Phi) is 7.33. The third-order valence-electron chi connectivity index (χ3n) is 4.66. The average Bonchev–Trinajstić information content (AvgIpc) is 2.74. The zero-order valence-corrected chi connectivity index (χ0v) is 18.7. The van der Waals surface area contributed by atoms with Crippen molar-refractivity contribution in [2.75, 3.05) is 12.4 Å². The summed E-state index contributed by atoms with van der Waals surface area (Å²) >= 11 is 6.03. The van der Waals surface area contributed by atoms with Crippen molar-refractivity contribution in [3.8, 4) is 5.75 Å². The minimum Gasteiger partial charge on any atom is -0.495 e. The number of carbonyl (C=O) groups is 1. The smallest absolute Gasteiger partial charge is 0.241 e. The van der Waals surface area contributed by atoms with Crippen LogP contribution in [0, 0.1) is 6.92 Å². The summed E-state index contributed by atoms with van der Waals surface area (Å²) in [5, 5.41) is 3.19.